The molecule has 2 aromatic carbocycles. The van der Waals surface area contributed by atoms with Gasteiger partial charge in [-0.05, 0) is 29.0 Å². The molecule has 5 nitrogen and oxygen atoms in total. The first-order chi connectivity index (χ1) is 9.70. The molecule has 0 radical (unpaired) electrons. The molecule has 0 aliphatic carbocycles. The SMILES string of the molecule is O=[PH+]Oc1ccc([N+](=O)[O-])cc1CCc1ccccc1. The molecule has 0 bridgehead atoms. The minimum absolute atomic E-state index is 0.00893. The summed E-state index contributed by atoms with van der Waals surface area (Å²) in [6.07, 6.45) is 1.33. The number of nitro groups is 1. The Balaban J connectivity index is 2.21. The Morgan fingerprint density at radius 2 is 1.85 bits per heavy atom. The van der Waals surface area contributed by atoms with E-state index in [1.165, 1.54) is 18.2 Å². The topological polar surface area (TPSA) is 69.4 Å². The van der Waals surface area contributed by atoms with Crippen LogP contribution in [-0.2, 0) is 17.4 Å². The summed E-state index contributed by atoms with van der Waals surface area (Å²) in [5, 5.41) is 10.8. The minimum Gasteiger partial charge on any atom is -0.258 e. The minimum atomic E-state index is -0.926. The fourth-order valence-electron chi connectivity index (χ4n) is 1.94. The molecule has 0 spiro atoms. The van der Waals surface area contributed by atoms with Crippen molar-refractivity contribution < 1.29 is 14.0 Å². The molecule has 0 aromatic heterocycles. The molecule has 20 heavy (non-hydrogen) atoms. The highest BCUT2D eigenvalue weighted by Crippen LogP contribution is 2.27. The van der Waals surface area contributed by atoms with E-state index >= 15 is 0 Å². The lowest BCUT2D eigenvalue weighted by molar-refractivity contribution is -0.384. The third kappa shape index (κ3) is 3.62. The van der Waals surface area contributed by atoms with Crippen LogP contribution in [0, 0.1) is 10.1 Å². The summed E-state index contributed by atoms with van der Waals surface area (Å²) in [6, 6.07) is 14.1. The lowest BCUT2D eigenvalue weighted by Gasteiger charge is -2.04. The summed E-state index contributed by atoms with van der Waals surface area (Å²) in [5.74, 6) is 0.430. The first kappa shape index (κ1) is 14.2. The number of non-ortho nitro benzene ring substituents is 1. The largest absolute Gasteiger partial charge is 0.542 e. The Labute approximate surface area is 117 Å². The van der Waals surface area contributed by atoms with E-state index in [4.69, 9.17) is 4.52 Å². The Morgan fingerprint density at radius 3 is 2.50 bits per heavy atom. The van der Waals surface area contributed by atoms with Crippen LogP contribution in [0.5, 0.6) is 5.75 Å². The zero-order valence-electron chi connectivity index (χ0n) is 10.6. The van der Waals surface area contributed by atoms with Gasteiger partial charge in [0.25, 0.3) is 5.69 Å². The maximum absolute atomic E-state index is 10.8. The molecule has 0 N–H and O–H groups in total. The van der Waals surface area contributed by atoms with E-state index in [0.29, 0.717) is 17.7 Å². The van der Waals surface area contributed by atoms with Crippen LogP contribution in [0.3, 0.4) is 0 Å². The molecule has 1 atom stereocenters. The molecule has 0 saturated heterocycles. The molecular weight excluding hydrogens is 277 g/mol. The number of rotatable bonds is 6. The van der Waals surface area contributed by atoms with Crippen LogP contribution < -0.4 is 4.52 Å². The van der Waals surface area contributed by atoms with Crippen molar-refractivity contribution in [3.8, 4) is 5.75 Å². The monoisotopic (exact) mass is 290 g/mol. The molecular formula is C14H13NO4P+. The van der Waals surface area contributed by atoms with Gasteiger partial charge in [0, 0.05) is 17.7 Å². The molecule has 0 heterocycles. The third-order valence-corrected chi connectivity index (χ3v) is 3.24. The van der Waals surface area contributed by atoms with E-state index in [-0.39, 0.29) is 5.69 Å². The summed E-state index contributed by atoms with van der Waals surface area (Å²) >= 11 is 0. The second-order valence-electron chi connectivity index (χ2n) is 4.22. The molecule has 0 aliphatic heterocycles. The standard InChI is InChI=1S/C14H13NO4P/c16-15(17)13-8-9-14(19-20-18)12(10-13)7-6-11-4-2-1-3-5-11/h1-5,8-10,20H,6-7H2/q+1. The fourth-order valence-corrected chi connectivity index (χ4v) is 2.23. The molecule has 0 saturated carbocycles. The highest BCUT2D eigenvalue weighted by Gasteiger charge is 2.14. The second kappa shape index (κ2) is 6.78. The predicted molar refractivity (Wildman–Crippen MR) is 76.6 cm³/mol. The maximum Gasteiger partial charge on any atom is 0.542 e. The van der Waals surface area contributed by atoms with E-state index in [9.17, 15) is 14.7 Å². The van der Waals surface area contributed by atoms with Crippen molar-refractivity contribution in [3.05, 3.63) is 69.8 Å². The van der Waals surface area contributed by atoms with Gasteiger partial charge in [0.05, 0.1) is 4.92 Å². The fraction of sp³-hybridized carbons (Fsp3) is 0.143. The van der Waals surface area contributed by atoms with Gasteiger partial charge in [-0.25, -0.2) is 0 Å². The van der Waals surface area contributed by atoms with Gasteiger partial charge in [0.2, 0.25) is 0 Å². The number of hydrogen-bond acceptors (Lipinski definition) is 4. The Morgan fingerprint density at radius 1 is 1.10 bits per heavy atom. The van der Waals surface area contributed by atoms with Crippen molar-refractivity contribution in [2.75, 3.05) is 0 Å². The zero-order chi connectivity index (χ0) is 14.4. The van der Waals surface area contributed by atoms with E-state index in [1.54, 1.807) is 0 Å². The normalized spacial score (nSPS) is 10.4. The van der Waals surface area contributed by atoms with Crippen LogP contribution in [0.2, 0.25) is 0 Å². The average molecular weight is 290 g/mol. The van der Waals surface area contributed by atoms with Gasteiger partial charge in [0.1, 0.15) is 0 Å². The summed E-state index contributed by atoms with van der Waals surface area (Å²) in [6.45, 7) is 0. The number of aryl methyl sites for hydroxylation is 2. The number of nitro benzene ring substituents is 1. The van der Waals surface area contributed by atoms with Gasteiger partial charge < -0.3 is 0 Å². The van der Waals surface area contributed by atoms with Crippen molar-refractivity contribution in [1.82, 2.24) is 0 Å². The number of benzene rings is 2. The third-order valence-electron chi connectivity index (χ3n) is 2.93. The van der Waals surface area contributed by atoms with E-state index in [2.05, 4.69) is 0 Å². The summed E-state index contributed by atoms with van der Waals surface area (Å²) in [4.78, 5) is 10.4. The molecule has 0 aliphatic rings. The molecule has 2 rings (SSSR count). The van der Waals surface area contributed by atoms with Crippen LogP contribution in [0.15, 0.2) is 48.5 Å². The van der Waals surface area contributed by atoms with Crippen LogP contribution in [0.1, 0.15) is 11.1 Å². The molecule has 102 valence electrons. The number of hydrogen-bond donors (Lipinski definition) is 0. The van der Waals surface area contributed by atoms with Gasteiger partial charge in [0.15, 0.2) is 5.75 Å². The zero-order valence-corrected chi connectivity index (χ0v) is 11.6. The molecule has 0 fully saturated rings. The lowest BCUT2D eigenvalue weighted by Crippen LogP contribution is -1.96. The van der Waals surface area contributed by atoms with Crippen LogP contribution in [0.25, 0.3) is 0 Å². The van der Waals surface area contributed by atoms with E-state index < -0.39 is 13.6 Å². The van der Waals surface area contributed by atoms with Gasteiger partial charge in [-0.3, -0.25) is 14.6 Å². The summed E-state index contributed by atoms with van der Waals surface area (Å²) in [7, 11) is -0.926. The highest BCUT2D eigenvalue weighted by atomic mass is 31.1. The Kier molecular flexibility index (Phi) is 4.80. The quantitative estimate of drug-likeness (QED) is 0.462. The molecule has 2 aromatic rings. The van der Waals surface area contributed by atoms with Crippen LogP contribution >= 0.6 is 8.69 Å². The maximum atomic E-state index is 10.8. The van der Waals surface area contributed by atoms with Crippen molar-refractivity contribution in [2.45, 2.75) is 12.8 Å². The Bertz CT molecular complexity index is 616. The second-order valence-corrected chi connectivity index (χ2v) is 4.59. The van der Waals surface area contributed by atoms with E-state index in [1.807, 2.05) is 30.3 Å². The lowest BCUT2D eigenvalue weighted by atomic mass is 10.0. The summed E-state index contributed by atoms with van der Waals surface area (Å²) < 4.78 is 15.6. The van der Waals surface area contributed by atoms with Crippen molar-refractivity contribution in [3.63, 3.8) is 0 Å². The van der Waals surface area contributed by atoms with E-state index in [0.717, 1.165) is 12.0 Å². The Hall–Kier alpha value is -2.26. The first-order valence-electron chi connectivity index (χ1n) is 6.06. The first-order valence-corrected chi connectivity index (χ1v) is 6.87. The summed E-state index contributed by atoms with van der Waals surface area (Å²) in [5.41, 5.74) is 1.83. The smallest absolute Gasteiger partial charge is 0.258 e. The number of nitrogens with zero attached hydrogens (tertiary/aromatic N) is 1. The van der Waals surface area contributed by atoms with Crippen LogP contribution in [-0.4, -0.2) is 4.92 Å². The van der Waals surface area contributed by atoms with Crippen molar-refractivity contribution >= 4 is 14.4 Å². The molecule has 1 unspecified atom stereocenters. The molecule has 6 heteroatoms. The van der Waals surface area contributed by atoms with Gasteiger partial charge in [-0.15, -0.1) is 0 Å². The predicted octanol–water partition coefficient (Wildman–Crippen LogP) is 3.70. The van der Waals surface area contributed by atoms with Crippen LogP contribution in [0.4, 0.5) is 5.69 Å². The van der Waals surface area contributed by atoms with Crippen molar-refractivity contribution in [1.29, 1.82) is 0 Å². The average Bonchev–Trinajstić information content (AvgIpc) is 2.47. The van der Waals surface area contributed by atoms with Gasteiger partial charge in [-0.2, -0.15) is 0 Å². The van der Waals surface area contributed by atoms with Gasteiger partial charge >= 0.3 is 8.69 Å². The van der Waals surface area contributed by atoms with Crippen molar-refractivity contribution in [2.24, 2.45) is 0 Å². The molecule has 0 amide bonds. The van der Waals surface area contributed by atoms with Gasteiger partial charge in [-0.1, -0.05) is 30.3 Å². The highest BCUT2D eigenvalue weighted by molar-refractivity contribution is 7.17.